The van der Waals surface area contributed by atoms with Crippen LogP contribution in [0, 0.1) is 5.82 Å². The molecule has 1 aromatic rings. The van der Waals surface area contributed by atoms with E-state index in [-0.39, 0.29) is 23.0 Å². The molecule has 144 valence electrons. The summed E-state index contributed by atoms with van der Waals surface area (Å²) in [6, 6.07) is 6.36. The predicted octanol–water partition coefficient (Wildman–Crippen LogP) is 3.46. The molecule has 1 N–H and O–H groups in total. The van der Waals surface area contributed by atoms with Gasteiger partial charge in [0.2, 0.25) is 5.91 Å². The van der Waals surface area contributed by atoms with Crippen LogP contribution >= 0.6 is 11.8 Å². The maximum Gasteiger partial charge on any atom is 0.220 e. The molecule has 0 spiro atoms. The fourth-order valence-electron chi connectivity index (χ4n) is 4.00. The molecule has 0 aromatic heterocycles. The number of hydrogen-bond donors (Lipinski definition) is 1. The Kier molecular flexibility index (Phi) is 7.20. The van der Waals surface area contributed by atoms with Crippen LogP contribution in [0.4, 0.5) is 4.39 Å². The number of carbonyl (C=O) groups excluding carboxylic acids is 1. The smallest absolute Gasteiger partial charge is 0.220 e. The highest BCUT2D eigenvalue weighted by molar-refractivity contribution is 7.99. The zero-order valence-electron chi connectivity index (χ0n) is 15.3. The highest BCUT2D eigenvalue weighted by Crippen LogP contribution is 2.36. The third-order valence-corrected chi connectivity index (χ3v) is 6.42. The van der Waals surface area contributed by atoms with E-state index in [0.29, 0.717) is 19.4 Å². The number of halogens is 1. The summed E-state index contributed by atoms with van der Waals surface area (Å²) in [6.07, 6.45) is 5.91. The Hall–Kier alpha value is -1.27. The Balaban J connectivity index is 1.39. The first-order chi connectivity index (χ1) is 12.7. The molecule has 1 aliphatic carbocycles. The van der Waals surface area contributed by atoms with Crippen LogP contribution in [0.3, 0.4) is 0 Å². The van der Waals surface area contributed by atoms with Gasteiger partial charge in [-0.15, -0.1) is 0 Å². The van der Waals surface area contributed by atoms with Crippen molar-refractivity contribution < 1.29 is 13.9 Å². The number of carbonyl (C=O) groups is 1. The lowest BCUT2D eigenvalue weighted by Gasteiger charge is -2.43. The minimum atomic E-state index is -0.361. The van der Waals surface area contributed by atoms with Gasteiger partial charge in [-0.1, -0.05) is 25.0 Å². The van der Waals surface area contributed by atoms with Gasteiger partial charge in [0.15, 0.2) is 11.6 Å². The van der Waals surface area contributed by atoms with Gasteiger partial charge in [0, 0.05) is 43.1 Å². The van der Waals surface area contributed by atoms with E-state index in [1.54, 1.807) is 18.2 Å². The average molecular weight is 381 g/mol. The zero-order chi connectivity index (χ0) is 18.2. The molecule has 0 atom stereocenters. The van der Waals surface area contributed by atoms with Crippen molar-refractivity contribution in [1.82, 2.24) is 10.2 Å². The molecule has 0 unspecified atom stereocenters. The number of rotatable bonds is 8. The van der Waals surface area contributed by atoms with Crippen LogP contribution < -0.4 is 10.1 Å². The standard InChI is InChI=1S/C20H29FN2O2S/c21-17-6-1-2-7-18(17)25-13-5-8-19(24)22-16-20(9-3-4-10-20)23-11-14-26-15-12-23/h1-2,6-7H,3-5,8-16H2,(H,22,24). The summed E-state index contributed by atoms with van der Waals surface area (Å²) in [5.74, 6) is 2.35. The third-order valence-electron chi connectivity index (χ3n) is 5.47. The van der Waals surface area contributed by atoms with Crippen LogP contribution in [0.5, 0.6) is 5.75 Å². The molecule has 1 saturated carbocycles. The number of thioether (sulfide) groups is 1. The monoisotopic (exact) mass is 380 g/mol. The van der Waals surface area contributed by atoms with Crippen molar-refractivity contribution in [2.75, 3.05) is 37.7 Å². The second-order valence-corrected chi connectivity index (χ2v) is 8.41. The Morgan fingerprint density at radius 3 is 2.69 bits per heavy atom. The minimum Gasteiger partial charge on any atom is -0.491 e. The molecule has 4 nitrogen and oxygen atoms in total. The molecule has 26 heavy (non-hydrogen) atoms. The van der Waals surface area contributed by atoms with Gasteiger partial charge in [0.05, 0.1) is 6.61 Å². The van der Waals surface area contributed by atoms with E-state index in [1.807, 2.05) is 11.8 Å². The Morgan fingerprint density at radius 2 is 1.96 bits per heavy atom. The first-order valence-corrected chi connectivity index (χ1v) is 10.8. The molecular weight excluding hydrogens is 351 g/mol. The molecule has 1 heterocycles. The summed E-state index contributed by atoms with van der Waals surface area (Å²) in [5, 5.41) is 3.16. The van der Waals surface area contributed by atoms with E-state index in [0.717, 1.165) is 19.6 Å². The van der Waals surface area contributed by atoms with E-state index in [9.17, 15) is 9.18 Å². The molecule has 0 radical (unpaired) electrons. The molecule has 1 amide bonds. The van der Waals surface area contributed by atoms with Crippen LogP contribution in [0.15, 0.2) is 24.3 Å². The summed E-state index contributed by atoms with van der Waals surface area (Å²) in [5.41, 5.74) is 0.167. The minimum absolute atomic E-state index is 0.0693. The fourth-order valence-corrected chi connectivity index (χ4v) is 4.91. The van der Waals surface area contributed by atoms with E-state index in [4.69, 9.17) is 4.74 Å². The second kappa shape index (κ2) is 9.60. The maximum atomic E-state index is 13.5. The number of nitrogens with one attached hydrogen (secondary N) is 1. The van der Waals surface area contributed by atoms with Crippen molar-refractivity contribution in [1.29, 1.82) is 0 Å². The number of hydrogen-bond acceptors (Lipinski definition) is 4. The summed E-state index contributed by atoms with van der Waals surface area (Å²) in [4.78, 5) is 14.8. The van der Waals surface area contributed by atoms with Crippen molar-refractivity contribution in [3.05, 3.63) is 30.1 Å². The second-order valence-electron chi connectivity index (χ2n) is 7.19. The SMILES string of the molecule is O=C(CCCOc1ccccc1F)NCC1(N2CCSCC2)CCCC1. The van der Waals surface area contributed by atoms with Crippen LogP contribution in [0.25, 0.3) is 0 Å². The molecule has 1 aromatic carbocycles. The molecule has 2 fully saturated rings. The van der Waals surface area contributed by atoms with Crippen molar-refractivity contribution in [2.45, 2.75) is 44.1 Å². The summed E-state index contributed by atoms with van der Waals surface area (Å²) >= 11 is 2.02. The van der Waals surface area contributed by atoms with E-state index in [2.05, 4.69) is 10.2 Å². The van der Waals surface area contributed by atoms with E-state index < -0.39 is 0 Å². The number of nitrogens with zero attached hydrogens (tertiary/aromatic N) is 1. The first-order valence-electron chi connectivity index (χ1n) is 9.66. The van der Waals surface area contributed by atoms with Gasteiger partial charge < -0.3 is 10.1 Å². The number of ether oxygens (including phenoxy) is 1. The van der Waals surface area contributed by atoms with Crippen molar-refractivity contribution in [3.63, 3.8) is 0 Å². The largest absolute Gasteiger partial charge is 0.491 e. The van der Waals surface area contributed by atoms with Crippen LogP contribution in [-0.4, -0.2) is 54.1 Å². The summed E-state index contributed by atoms with van der Waals surface area (Å²) < 4.78 is 18.9. The normalized spacial score (nSPS) is 20.0. The van der Waals surface area contributed by atoms with Gasteiger partial charge in [-0.2, -0.15) is 11.8 Å². The third kappa shape index (κ3) is 5.13. The van der Waals surface area contributed by atoms with Crippen molar-refractivity contribution >= 4 is 17.7 Å². The molecule has 6 heteroatoms. The zero-order valence-corrected chi connectivity index (χ0v) is 16.2. The highest BCUT2D eigenvalue weighted by Gasteiger charge is 2.40. The highest BCUT2D eigenvalue weighted by atomic mass is 32.2. The van der Waals surface area contributed by atoms with Gasteiger partial charge in [0.1, 0.15) is 0 Å². The van der Waals surface area contributed by atoms with Crippen LogP contribution in [0.2, 0.25) is 0 Å². The molecular formula is C20H29FN2O2S. The number of benzene rings is 1. The van der Waals surface area contributed by atoms with Gasteiger partial charge in [-0.05, 0) is 31.4 Å². The Labute approximate surface area is 159 Å². The lowest BCUT2D eigenvalue weighted by atomic mass is 9.94. The molecule has 1 saturated heterocycles. The number of amides is 1. The fraction of sp³-hybridized carbons (Fsp3) is 0.650. The van der Waals surface area contributed by atoms with Crippen LogP contribution in [0.1, 0.15) is 38.5 Å². The van der Waals surface area contributed by atoms with Crippen molar-refractivity contribution in [3.8, 4) is 5.75 Å². The van der Waals surface area contributed by atoms with Crippen molar-refractivity contribution in [2.24, 2.45) is 0 Å². The average Bonchev–Trinajstić information content (AvgIpc) is 3.16. The Bertz CT molecular complexity index is 587. The van der Waals surface area contributed by atoms with Gasteiger partial charge in [0.25, 0.3) is 0 Å². The molecule has 3 rings (SSSR count). The van der Waals surface area contributed by atoms with E-state index in [1.165, 1.54) is 43.3 Å². The van der Waals surface area contributed by atoms with Crippen LogP contribution in [-0.2, 0) is 4.79 Å². The Morgan fingerprint density at radius 1 is 1.23 bits per heavy atom. The van der Waals surface area contributed by atoms with Gasteiger partial charge in [-0.3, -0.25) is 9.69 Å². The molecule has 1 aliphatic heterocycles. The van der Waals surface area contributed by atoms with Gasteiger partial charge >= 0.3 is 0 Å². The summed E-state index contributed by atoms with van der Waals surface area (Å²) in [7, 11) is 0. The lowest BCUT2D eigenvalue weighted by molar-refractivity contribution is -0.122. The molecule has 0 bridgehead atoms. The predicted molar refractivity (Wildman–Crippen MR) is 104 cm³/mol. The lowest BCUT2D eigenvalue weighted by Crippen LogP contribution is -2.56. The number of para-hydroxylation sites is 1. The quantitative estimate of drug-likeness (QED) is 0.702. The maximum absolute atomic E-state index is 13.5. The van der Waals surface area contributed by atoms with E-state index >= 15 is 0 Å². The molecule has 2 aliphatic rings. The summed E-state index contributed by atoms with van der Waals surface area (Å²) in [6.45, 7) is 3.38. The van der Waals surface area contributed by atoms with Gasteiger partial charge in [-0.25, -0.2) is 4.39 Å². The first kappa shape index (κ1) is 19.5. The topological polar surface area (TPSA) is 41.6 Å².